The average molecular weight is 456 g/mol. The molecule has 12 heteroatoms. The predicted octanol–water partition coefficient (Wildman–Crippen LogP) is 3.98. The van der Waals surface area contributed by atoms with Crippen LogP contribution >= 0.6 is 11.3 Å². The van der Waals surface area contributed by atoms with Crippen LogP contribution in [0.2, 0.25) is 0 Å². The third-order valence-electron chi connectivity index (χ3n) is 4.16. The second kappa shape index (κ2) is 9.75. The maximum absolute atomic E-state index is 12.7. The summed E-state index contributed by atoms with van der Waals surface area (Å²) in [4.78, 5) is 50.1. The number of nitrogens with zero attached hydrogens (tertiary/aromatic N) is 3. The van der Waals surface area contributed by atoms with Gasteiger partial charge >= 0.3 is 5.97 Å². The number of ether oxygens (including phenoxy) is 1. The first-order valence-electron chi connectivity index (χ1n) is 9.24. The molecule has 1 aromatic heterocycles. The fourth-order valence-electron chi connectivity index (χ4n) is 2.80. The number of carbonyl (C=O) groups is 2. The number of amides is 1. The molecular weight excluding hydrogens is 440 g/mol. The number of nitrogens with one attached hydrogen (secondary N) is 1. The van der Waals surface area contributed by atoms with E-state index in [0.717, 1.165) is 35.1 Å². The van der Waals surface area contributed by atoms with Gasteiger partial charge in [0.15, 0.2) is 5.13 Å². The minimum atomic E-state index is -0.821. The zero-order valence-corrected chi connectivity index (χ0v) is 17.5. The van der Waals surface area contributed by atoms with Crippen LogP contribution < -0.4 is 5.32 Å². The standard InChI is InChI=1S/C20H16N4O7S/c1-2-31-17(25)11-16-18(12-6-4-3-5-7-12)21-20(32-16)22-19(26)13-8-14(23(27)28)10-15(9-13)24(29)30/h3-10H,2,11H2,1H3,(H,21,22,26). The van der Waals surface area contributed by atoms with Crippen molar-refractivity contribution in [1.29, 1.82) is 0 Å². The third kappa shape index (κ3) is 5.29. The van der Waals surface area contributed by atoms with Gasteiger partial charge in [0, 0.05) is 22.6 Å². The number of rotatable bonds is 8. The highest BCUT2D eigenvalue weighted by Gasteiger charge is 2.22. The number of hydrogen-bond acceptors (Lipinski definition) is 9. The van der Waals surface area contributed by atoms with Gasteiger partial charge in [0.2, 0.25) is 0 Å². The van der Waals surface area contributed by atoms with Gasteiger partial charge in [-0.1, -0.05) is 30.3 Å². The number of anilines is 1. The van der Waals surface area contributed by atoms with Crippen LogP contribution in [0.15, 0.2) is 48.5 Å². The van der Waals surface area contributed by atoms with Gasteiger partial charge in [0.1, 0.15) is 0 Å². The molecule has 0 saturated carbocycles. The molecule has 1 N–H and O–H groups in total. The number of benzene rings is 2. The van der Waals surface area contributed by atoms with E-state index in [9.17, 15) is 29.8 Å². The summed E-state index contributed by atoms with van der Waals surface area (Å²) in [6.45, 7) is 1.90. The lowest BCUT2D eigenvalue weighted by Crippen LogP contribution is -2.12. The molecule has 3 rings (SSSR count). The predicted molar refractivity (Wildman–Crippen MR) is 116 cm³/mol. The van der Waals surface area contributed by atoms with E-state index in [1.165, 1.54) is 0 Å². The zero-order chi connectivity index (χ0) is 23.3. The van der Waals surface area contributed by atoms with Gasteiger partial charge in [0.25, 0.3) is 17.3 Å². The normalized spacial score (nSPS) is 10.4. The molecule has 32 heavy (non-hydrogen) atoms. The third-order valence-corrected chi connectivity index (χ3v) is 5.13. The molecule has 0 saturated heterocycles. The fraction of sp³-hybridized carbons (Fsp3) is 0.150. The highest BCUT2D eigenvalue weighted by Crippen LogP contribution is 2.32. The van der Waals surface area contributed by atoms with Crippen LogP contribution in [-0.4, -0.2) is 33.3 Å². The lowest BCUT2D eigenvalue weighted by atomic mass is 10.1. The molecular formula is C20H16N4O7S. The lowest BCUT2D eigenvalue weighted by Gasteiger charge is -2.02. The van der Waals surface area contributed by atoms with Crippen LogP contribution in [0.1, 0.15) is 22.2 Å². The number of thiazole rings is 1. The van der Waals surface area contributed by atoms with Gasteiger partial charge < -0.3 is 4.74 Å². The molecule has 0 spiro atoms. The summed E-state index contributed by atoms with van der Waals surface area (Å²) >= 11 is 1.04. The van der Waals surface area contributed by atoms with Crippen molar-refractivity contribution in [2.24, 2.45) is 0 Å². The molecule has 3 aromatic rings. The largest absolute Gasteiger partial charge is 0.466 e. The Morgan fingerprint density at radius 1 is 1.06 bits per heavy atom. The summed E-state index contributed by atoms with van der Waals surface area (Å²) in [5, 5.41) is 24.8. The van der Waals surface area contributed by atoms with E-state index in [-0.39, 0.29) is 23.7 Å². The summed E-state index contributed by atoms with van der Waals surface area (Å²) < 4.78 is 4.99. The Bertz CT molecular complexity index is 1160. The van der Waals surface area contributed by atoms with Crippen LogP contribution in [0.5, 0.6) is 0 Å². The summed E-state index contributed by atoms with van der Waals surface area (Å²) in [6, 6.07) is 11.6. The molecule has 0 aliphatic heterocycles. The molecule has 1 amide bonds. The van der Waals surface area contributed by atoms with Crippen molar-refractivity contribution >= 4 is 39.7 Å². The van der Waals surface area contributed by atoms with E-state index in [4.69, 9.17) is 4.74 Å². The van der Waals surface area contributed by atoms with Crippen LogP contribution in [0, 0.1) is 20.2 Å². The van der Waals surface area contributed by atoms with Crippen molar-refractivity contribution in [3.8, 4) is 11.3 Å². The molecule has 0 atom stereocenters. The molecule has 1 heterocycles. The number of carbonyl (C=O) groups excluding carboxylic acids is 2. The molecule has 2 aromatic carbocycles. The number of nitro groups is 2. The van der Waals surface area contributed by atoms with Crippen molar-refractivity contribution in [1.82, 2.24) is 4.98 Å². The number of aromatic nitrogens is 1. The molecule has 0 aliphatic carbocycles. The topological polar surface area (TPSA) is 155 Å². The highest BCUT2D eigenvalue weighted by atomic mass is 32.1. The number of esters is 1. The number of non-ortho nitro benzene ring substituents is 2. The number of hydrogen-bond donors (Lipinski definition) is 1. The lowest BCUT2D eigenvalue weighted by molar-refractivity contribution is -0.394. The van der Waals surface area contributed by atoms with Crippen molar-refractivity contribution in [2.45, 2.75) is 13.3 Å². The SMILES string of the molecule is CCOC(=O)Cc1sc(NC(=O)c2cc([N+](=O)[O-])cc([N+](=O)[O-])c2)nc1-c1ccccc1. The van der Waals surface area contributed by atoms with Crippen molar-refractivity contribution in [3.05, 3.63) is 79.2 Å². The molecule has 0 bridgehead atoms. The first-order chi connectivity index (χ1) is 15.3. The molecule has 0 fully saturated rings. The van der Waals surface area contributed by atoms with Crippen molar-refractivity contribution < 1.29 is 24.2 Å². The molecule has 11 nitrogen and oxygen atoms in total. The average Bonchev–Trinajstić information content (AvgIpc) is 3.15. The van der Waals surface area contributed by atoms with Crippen molar-refractivity contribution in [2.75, 3.05) is 11.9 Å². The van der Waals surface area contributed by atoms with Crippen molar-refractivity contribution in [3.63, 3.8) is 0 Å². The molecule has 0 unspecified atom stereocenters. The van der Waals surface area contributed by atoms with Crippen LogP contribution in [0.25, 0.3) is 11.3 Å². The Hall–Kier alpha value is -4.19. The summed E-state index contributed by atoms with van der Waals surface area (Å²) in [5.74, 6) is -1.27. The van der Waals surface area contributed by atoms with E-state index < -0.39 is 33.1 Å². The van der Waals surface area contributed by atoms with Gasteiger partial charge in [-0.2, -0.15) is 0 Å². The molecule has 164 valence electrons. The van der Waals surface area contributed by atoms with Gasteiger partial charge in [-0.15, -0.1) is 11.3 Å². The van der Waals surface area contributed by atoms with E-state index in [1.54, 1.807) is 31.2 Å². The quantitative estimate of drug-likeness (QED) is 0.303. The van der Waals surface area contributed by atoms with E-state index >= 15 is 0 Å². The Morgan fingerprint density at radius 2 is 1.69 bits per heavy atom. The smallest absolute Gasteiger partial charge is 0.311 e. The van der Waals surface area contributed by atoms with Crippen LogP contribution in [0.3, 0.4) is 0 Å². The van der Waals surface area contributed by atoms with E-state index in [0.29, 0.717) is 10.6 Å². The van der Waals surface area contributed by atoms with E-state index in [1.807, 2.05) is 6.07 Å². The second-order valence-corrected chi connectivity index (χ2v) is 7.43. The van der Waals surface area contributed by atoms with Gasteiger partial charge in [0.05, 0.1) is 40.2 Å². The van der Waals surface area contributed by atoms with Crippen LogP contribution in [-0.2, 0) is 16.0 Å². The Morgan fingerprint density at radius 3 is 2.25 bits per heavy atom. The van der Waals surface area contributed by atoms with Gasteiger partial charge in [-0.3, -0.25) is 35.1 Å². The van der Waals surface area contributed by atoms with Gasteiger partial charge in [-0.05, 0) is 6.92 Å². The zero-order valence-electron chi connectivity index (χ0n) is 16.6. The van der Waals surface area contributed by atoms with Crippen LogP contribution in [0.4, 0.5) is 16.5 Å². The monoisotopic (exact) mass is 456 g/mol. The Kier molecular flexibility index (Phi) is 6.85. The first-order valence-corrected chi connectivity index (χ1v) is 10.1. The molecule has 0 aliphatic rings. The van der Waals surface area contributed by atoms with Gasteiger partial charge in [-0.25, -0.2) is 4.98 Å². The minimum absolute atomic E-state index is 0.0616. The summed E-state index contributed by atoms with van der Waals surface area (Å²) in [6.07, 6.45) is -0.0616. The summed E-state index contributed by atoms with van der Waals surface area (Å²) in [7, 11) is 0. The first kappa shape index (κ1) is 22.5. The Balaban J connectivity index is 1.94. The second-order valence-electron chi connectivity index (χ2n) is 6.35. The fourth-order valence-corrected chi connectivity index (χ4v) is 3.76. The van der Waals surface area contributed by atoms with E-state index in [2.05, 4.69) is 10.3 Å². The molecule has 0 radical (unpaired) electrons. The maximum Gasteiger partial charge on any atom is 0.311 e. The Labute approximate surface area is 185 Å². The highest BCUT2D eigenvalue weighted by molar-refractivity contribution is 7.16. The summed E-state index contributed by atoms with van der Waals surface area (Å²) in [5.41, 5.74) is -0.249. The number of nitro benzene ring substituents is 2. The minimum Gasteiger partial charge on any atom is -0.466 e. The maximum atomic E-state index is 12.7.